The van der Waals surface area contributed by atoms with Gasteiger partial charge in [0, 0.05) is 31.4 Å². The summed E-state index contributed by atoms with van der Waals surface area (Å²) in [5.41, 5.74) is 6.83. The lowest BCUT2D eigenvalue weighted by molar-refractivity contribution is 0.103. The van der Waals surface area contributed by atoms with Gasteiger partial charge in [0.1, 0.15) is 0 Å². The van der Waals surface area contributed by atoms with Crippen molar-refractivity contribution in [3.8, 4) is 0 Å². The van der Waals surface area contributed by atoms with Gasteiger partial charge in [-0.1, -0.05) is 6.07 Å². The molecule has 1 aromatic carbocycles. The number of fused-ring (bicyclic) bond motifs is 2. The fourth-order valence-electron chi connectivity index (χ4n) is 4.90. The van der Waals surface area contributed by atoms with E-state index in [9.17, 15) is 4.79 Å². The van der Waals surface area contributed by atoms with Gasteiger partial charge in [0.05, 0.1) is 11.9 Å². The zero-order chi connectivity index (χ0) is 17.5. The van der Waals surface area contributed by atoms with Gasteiger partial charge < -0.3 is 10.1 Å². The zero-order valence-corrected chi connectivity index (χ0v) is 16.0. The molecule has 4 aliphatic rings. The third-order valence-electron chi connectivity index (χ3n) is 6.33. The highest BCUT2D eigenvalue weighted by Gasteiger charge is 2.35. The van der Waals surface area contributed by atoms with Gasteiger partial charge in [-0.3, -0.25) is 9.62 Å². The van der Waals surface area contributed by atoms with Crippen molar-refractivity contribution < 1.29 is 9.53 Å². The monoisotopic (exact) mass is 373 g/mol. The highest BCUT2D eigenvalue weighted by atomic mass is 32.2. The number of ether oxygens (including phenoxy) is 1. The third-order valence-corrected chi connectivity index (χ3v) is 7.26. The fourth-order valence-corrected chi connectivity index (χ4v) is 5.75. The van der Waals surface area contributed by atoms with Crippen molar-refractivity contribution in [1.82, 2.24) is 9.62 Å². The van der Waals surface area contributed by atoms with Crippen LogP contribution in [0.2, 0.25) is 0 Å². The molecule has 0 radical (unpaired) electrons. The number of nitrogens with zero attached hydrogens (tertiary/aromatic N) is 1. The van der Waals surface area contributed by atoms with Crippen LogP contribution in [0.25, 0.3) is 0 Å². The van der Waals surface area contributed by atoms with E-state index in [2.05, 4.69) is 21.0 Å². The minimum Gasteiger partial charge on any atom is -0.380 e. The maximum Gasteiger partial charge on any atom is 0.329 e. The van der Waals surface area contributed by atoms with E-state index in [1.165, 1.54) is 35.1 Å². The molecule has 1 atom stereocenters. The number of aryl methyl sites for hydroxylation is 2. The lowest BCUT2D eigenvalue weighted by Crippen LogP contribution is -2.55. The first-order valence-corrected chi connectivity index (χ1v) is 10.9. The zero-order valence-electron chi connectivity index (χ0n) is 15.2. The molecule has 5 rings (SSSR count). The van der Waals surface area contributed by atoms with Gasteiger partial charge in [0.25, 0.3) is 0 Å². The number of carbonyl (C=O) groups is 1. The van der Waals surface area contributed by atoms with Crippen LogP contribution in [0, 0.1) is 0 Å². The molecule has 0 spiro atoms. The summed E-state index contributed by atoms with van der Waals surface area (Å²) >= 11 is 1.58. The lowest BCUT2D eigenvalue weighted by atomic mass is 9.99. The SMILES string of the molecule is O=C(NSC1CN(C2CCOC2)C1)Nc1c2c(cc3c1CCC3)CCC2. The predicted molar refractivity (Wildman–Crippen MR) is 105 cm³/mol. The lowest BCUT2D eigenvalue weighted by Gasteiger charge is -2.41. The number of benzene rings is 1. The number of likely N-dealkylation sites (tertiary alicyclic amines) is 1. The smallest absolute Gasteiger partial charge is 0.329 e. The summed E-state index contributed by atoms with van der Waals surface area (Å²) in [4.78, 5) is 15.0. The van der Waals surface area contributed by atoms with E-state index in [1.54, 1.807) is 11.9 Å². The van der Waals surface area contributed by atoms with Crippen molar-refractivity contribution >= 4 is 23.7 Å². The van der Waals surface area contributed by atoms with Crippen LogP contribution in [0.3, 0.4) is 0 Å². The van der Waals surface area contributed by atoms with Gasteiger partial charge in [-0.15, -0.1) is 0 Å². The molecule has 2 aliphatic carbocycles. The molecule has 2 fully saturated rings. The van der Waals surface area contributed by atoms with Crippen LogP contribution >= 0.6 is 11.9 Å². The van der Waals surface area contributed by atoms with E-state index in [0.717, 1.165) is 64.1 Å². The summed E-state index contributed by atoms with van der Waals surface area (Å²) in [6.45, 7) is 3.87. The number of nitrogens with one attached hydrogen (secondary N) is 2. The molecule has 2 heterocycles. The third kappa shape index (κ3) is 3.12. The number of amides is 2. The van der Waals surface area contributed by atoms with Crippen molar-refractivity contribution in [2.45, 2.75) is 56.2 Å². The number of hydrogen-bond donors (Lipinski definition) is 2. The second-order valence-corrected chi connectivity index (χ2v) is 9.11. The largest absolute Gasteiger partial charge is 0.380 e. The standard InChI is InChI=1S/C20H27N3O2S/c24-20(22-26-16-10-23(11-16)15-7-8-25-12-15)21-19-17-5-1-3-13(17)9-14-4-2-6-18(14)19/h9,15-16H,1-8,10-12H2,(H2,21,22,24). The molecule has 2 amide bonds. The van der Waals surface area contributed by atoms with Crippen molar-refractivity contribution in [3.05, 3.63) is 28.3 Å². The summed E-state index contributed by atoms with van der Waals surface area (Å²) in [5, 5.41) is 3.70. The average Bonchev–Trinajstić information content (AvgIpc) is 3.34. The van der Waals surface area contributed by atoms with Crippen LogP contribution in [0.1, 0.15) is 41.5 Å². The number of anilines is 1. The Morgan fingerprint density at radius 2 is 1.85 bits per heavy atom. The summed E-state index contributed by atoms with van der Waals surface area (Å²) in [6.07, 6.45) is 8.11. The molecule has 2 aliphatic heterocycles. The number of carbonyl (C=O) groups excluding carboxylic acids is 1. The van der Waals surface area contributed by atoms with Crippen molar-refractivity contribution in [2.24, 2.45) is 0 Å². The molecule has 26 heavy (non-hydrogen) atoms. The molecule has 140 valence electrons. The summed E-state index contributed by atoms with van der Waals surface area (Å²) < 4.78 is 8.49. The number of rotatable bonds is 4. The molecule has 0 saturated carbocycles. The molecule has 2 saturated heterocycles. The number of hydrogen-bond acceptors (Lipinski definition) is 4. The van der Waals surface area contributed by atoms with E-state index in [0.29, 0.717) is 11.3 Å². The summed E-state index contributed by atoms with van der Waals surface area (Å²) in [7, 11) is 0. The molecule has 6 heteroatoms. The fraction of sp³-hybridized carbons (Fsp3) is 0.650. The van der Waals surface area contributed by atoms with Gasteiger partial charge in [0.2, 0.25) is 0 Å². The minimum atomic E-state index is -0.0629. The Hall–Kier alpha value is -1.24. The number of urea groups is 1. The Morgan fingerprint density at radius 3 is 2.50 bits per heavy atom. The molecule has 5 nitrogen and oxygen atoms in total. The first-order valence-electron chi connectivity index (χ1n) is 9.99. The second-order valence-electron chi connectivity index (χ2n) is 8.00. The summed E-state index contributed by atoms with van der Waals surface area (Å²) in [5.74, 6) is 0. The van der Waals surface area contributed by atoms with Gasteiger partial charge in [0.15, 0.2) is 0 Å². The van der Waals surface area contributed by atoms with E-state index >= 15 is 0 Å². The first-order chi connectivity index (χ1) is 12.8. The van der Waals surface area contributed by atoms with Crippen LogP contribution in [-0.4, -0.2) is 48.5 Å². The Bertz CT molecular complexity index is 679. The topological polar surface area (TPSA) is 53.6 Å². The quantitative estimate of drug-likeness (QED) is 0.797. The Balaban J connectivity index is 1.17. The molecule has 0 aromatic heterocycles. The second kappa shape index (κ2) is 7.06. The maximum atomic E-state index is 12.5. The minimum absolute atomic E-state index is 0.0629. The molecule has 2 N–H and O–H groups in total. The van der Waals surface area contributed by atoms with Crippen LogP contribution in [0.15, 0.2) is 6.07 Å². The Kier molecular flexibility index (Phi) is 4.59. The van der Waals surface area contributed by atoms with Crippen molar-refractivity contribution in [3.63, 3.8) is 0 Å². The van der Waals surface area contributed by atoms with Crippen LogP contribution in [0.5, 0.6) is 0 Å². The normalized spacial score (nSPS) is 25.0. The molecule has 0 bridgehead atoms. The van der Waals surface area contributed by atoms with Gasteiger partial charge in [-0.2, -0.15) is 0 Å². The van der Waals surface area contributed by atoms with E-state index in [1.807, 2.05) is 0 Å². The predicted octanol–water partition coefficient (Wildman–Crippen LogP) is 2.91. The summed E-state index contributed by atoms with van der Waals surface area (Å²) in [6, 6.07) is 2.93. The molecule has 1 unspecified atom stereocenters. The molecular weight excluding hydrogens is 346 g/mol. The van der Waals surface area contributed by atoms with Crippen LogP contribution in [0.4, 0.5) is 10.5 Å². The Labute approximate surface area is 159 Å². The first kappa shape index (κ1) is 16.9. The van der Waals surface area contributed by atoms with Gasteiger partial charge in [-0.05, 0) is 79.1 Å². The van der Waals surface area contributed by atoms with Crippen molar-refractivity contribution in [2.75, 3.05) is 31.6 Å². The van der Waals surface area contributed by atoms with E-state index < -0.39 is 0 Å². The van der Waals surface area contributed by atoms with Gasteiger partial charge in [-0.25, -0.2) is 4.79 Å². The highest BCUT2D eigenvalue weighted by molar-refractivity contribution is 7.98. The van der Waals surface area contributed by atoms with E-state index in [-0.39, 0.29) is 6.03 Å². The van der Waals surface area contributed by atoms with Gasteiger partial charge >= 0.3 is 6.03 Å². The Morgan fingerprint density at radius 1 is 1.12 bits per heavy atom. The average molecular weight is 374 g/mol. The molecular formula is C20H27N3O2S. The highest BCUT2D eigenvalue weighted by Crippen LogP contribution is 2.38. The maximum absolute atomic E-state index is 12.5. The van der Waals surface area contributed by atoms with E-state index in [4.69, 9.17) is 4.74 Å². The van der Waals surface area contributed by atoms with Crippen molar-refractivity contribution in [1.29, 1.82) is 0 Å². The van der Waals surface area contributed by atoms with Crippen LogP contribution < -0.4 is 10.0 Å². The van der Waals surface area contributed by atoms with Crippen LogP contribution in [-0.2, 0) is 30.4 Å². The molecule has 1 aromatic rings.